The molecule has 1 saturated heterocycles. The summed E-state index contributed by atoms with van der Waals surface area (Å²) in [6, 6.07) is 13.7. The number of aromatic amines is 1. The zero-order valence-corrected chi connectivity index (χ0v) is 14.0. The van der Waals surface area contributed by atoms with E-state index in [2.05, 4.69) is 25.2 Å². The molecule has 1 aliphatic rings. The molecule has 1 fully saturated rings. The molecule has 4 rings (SSSR count). The molecule has 1 aliphatic heterocycles. The second-order valence-corrected chi connectivity index (χ2v) is 6.40. The van der Waals surface area contributed by atoms with E-state index in [4.69, 9.17) is 0 Å². The van der Waals surface area contributed by atoms with Crippen molar-refractivity contribution in [1.29, 1.82) is 0 Å². The van der Waals surface area contributed by atoms with Crippen LogP contribution < -0.4 is 10.2 Å². The highest BCUT2D eigenvalue weighted by molar-refractivity contribution is 5.80. The maximum absolute atomic E-state index is 12.5. The van der Waals surface area contributed by atoms with E-state index in [0.717, 1.165) is 42.1 Å². The van der Waals surface area contributed by atoms with Gasteiger partial charge in [0.1, 0.15) is 0 Å². The third-order valence-corrected chi connectivity index (χ3v) is 4.64. The van der Waals surface area contributed by atoms with Gasteiger partial charge in [0.05, 0.1) is 29.2 Å². The maximum Gasteiger partial charge on any atom is 0.225 e. The number of para-hydroxylation sites is 2. The Morgan fingerprint density at radius 2 is 2.12 bits per heavy atom. The Balaban J connectivity index is 1.41. The third kappa shape index (κ3) is 3.47. The molecule has 1 atom stereocenters. The summed E-state index contributed by atoms with van der Waals surface area (Å²) in [6.07, 6.45) is 3.63. The molecule has 3 heterocycles. The number of anilines is 1. The summed E-state index contributed by atoms with van der Waals surface area (Å²) in [5.74, 6) is 0.917. The first kappa shape index (κ1) is 15.6. The molecule has 0 aliphatic carbocycles. The van der Waals surface area contributed by atoms with Gasteiger partial charge in [0.25, 0.3) is 0 Å². The van der Waals surface area contributed by atoms with Crippen molar-refractivity contribution >= 4 is 22.9 Å². The Bertz CT molecular complexity index is 827. The molecule has 1 aromatic carbocycles. The van der Waals surface area contributed by atoms with Gasteiger partial charge in [0, 0.05) is 19.3 Å². The predicted octanol–water partition coefficient (Wildman–Crippen LogP) is 2.49. The van der Waals surface area contributed by atoms with Crippen LogP contribution in [-0.2, 0) is 11.3 Å². The van der Waals surface area contributed by atoms with Gasteiger partial charge >= 0.3 is 0 Å². The van der Waals surface area contributed by atoms with Crippen molar-refractivity contribution in [3.05, 3.63) is 54.4 Å². The van der Waals surface area contributed by atoms with Gasteiger partial charge in [-0.05, 0) is 37.1 Å². The number of hydrogen-bond acceptors (Lipinski definition) is 4. The highest BCUT2D eigenvalue weighted by Gasteiger charge is 2.27. The van der Waals surface area contributed by atoms with E-state index < -0.39 is 0 Å². The van der Waals surface area contributed by atoms with Crippen LogP contribution in [0.15, 0.2) is 48.7 Å². The number of nitrogens with zero attached hydrogens (tertiary/aromatic N) is 3. The van der Waals surface area contributed by atoms with Crippen LogP contribution in [-0.4, -0.2) is 33.9 Å². The van der Waals surface area contributed by atoms with Gasteiger partial charge in [-0.1, -0.05) is 18.2 Å². The number of carbonyl (C=O) groups excluding carboxylic acids is 1. The molecule has 2 N–H and O–H groups in total. The Kier molecular flexibility index (Phi) is 4.33. The number of imidazole rings is 1. The molecule has 6 nitrogen and oxygen atoms in total. The summed E-state index contributed by atoms with van der Waals surface area (Å²) >= 11 is 0. The largest absolute Gasteiger partial charge is 0.350 e. The number of carbonyl (C=O) groups is 1. The standard InChI is InChI=1S/C19H21N5O/c25-18(21-12-15-7-3-4-10-20-15)14-6-5-11-24(13-14)19-22-16-8-1-2-9-17(16)23-19/h1-4,7-10,14H,5-6,11-13H2,(H,21,25)(H,22,23)/t14-/m0/s1. The van der Waals surface area contributed by atoms with Crippen LogP contribution in [0.25, 0.3) is 11.0 Å². The number of piperidine rings is 1. The fourth-order valence-corrected chi connectivity index (χ4v) is 3.30. The average Bonchev–Trinajstić information content (AvgIpc) is 3.11. The summed E-state index contributed by atoms with van der Waals surface area (Å²) < 4.78 is 0. The average molecular weight is 335 g/mol. The van der Waals surface area contributed by atoms with Gasteiger partial charge in [0.2, 0.25) is 11.9 Å². The summed E-state index contributed by atoms with van der Waals surface area (Å²) in [5, 5.41) is 3.01. The molecule has 0 bridgehead atoms. The molecule has 0 unspecified atom stereocenters. The van der Waals surface area contributed by atoms with Crippen LogP contribution in [0.2, 0.25) is 0 Å². The predicted molar refractivity (Wildman–Crippen MR) is 97.1 cm³/mol. The van der Waals surface area contributed by atoms with E-state index >= 15 is 0 Å². The first-order valence-corrected chi connectivity index (χ1v) is 8.67. The van der Waals surface area contributed by atoms with Gasteiger partial charge in [-0.25, -0.2) is 4.98 Å². The SMILES string of the molecule is O=C(NCc1ccccn1)[C@H]1CCCN(c2nc3ccccc3[nH]2)C1. The first-order chi connectivity index (χ1) is 12.3. The maximum atomic E-state index is 12.5. The molecule has 128 valence electrons. The molecule has 3 aromatic rings. The minimum atomic E-state index is -0.0225. The summed E-state index contributed by atoms with van der Waals surface area (Å²) in [4.78, 5) is 27.0. The lowest BCUT2D eigenvalue weighted by atomic mass is 9.97. The number of pyridine rings is 1. The lowest BCUT2D eigenvalue weighted by Crippen LogP contribution is -2.43. The van der Waals surface area contributed by atoms with Gasteiger partial charge in [-0.15, -0.1) is 0 Å². The summed E-state index contributed by atoms with van der Waals surface area (Å²) in [7, 11) is 0. The van der Waals surface area contributed by atoms with Crippen molar-refractivity contribution in [3.8, 4) is 0 Å². The van der Waals surface area contributed by atoms with E-state index in [0.29, 0.717) is 13.1 Å². The number of benzene rings is 1. The highest BCUT2D eigenvalue weighted by Crippen LogP contribution is 2.23. The van der Waals surface area contributed by atoms with E-state index in [9.17, 15) is 4.79 Å². The molecule has 6 heteroatoms. The Labute approximate surface area is 146 Å². The van der Waals surface area contributed by atoms with Crippen LogP contribution in [0.4, 0.5) is 5.95 Å². The molecular weight excluding hydrogens is 314 g/mol. The van der Waals surface area contributed by atoms with Gasteiger partial charge in [-0.3, -0.25) is 9.78 Å². The second kappa shape index (κ2) is 6.93. The number of amides is 1. The molecule has 1 amide bonds. The fraction of sp³-hybridized carbons (Fsp3) is 0.316. The summed E-state index contributed by atoms with van der Waals surface area (Å²) in [5.41, 5.74) is 2.86. The molecule has 0 radical (unpaired) electrons. The fourth-order valence-electron chi connectivity index (χ4n) is 3.30. The molecular formula is C19H21N5O. The number of aromatic nitrogens is 3. The summed E-state index contributed by atoms with van der Waals surface area (Å²) in [6.45, 7) is 2.08. The minimum absolute atomic E-state index is 0.0225. The van der Waals surface area contributed by atoms with E-state index in [1.165, 1.54) is 0 Å². The Morgan fingerprint density at radius 3 is 2.96 bits per heavy atom. The van der Waals surface area contributed by atoms with Crippen LogP contribution in [0.5, 0.6) is 0 Å². The van der Waals surface area contributed by atoms with Crippen LogP contribution in [0.1, 0.15) is 18.5 Å². The molecule has 2 aromatic heterocycles. The van der Waals surface area contributed by atoms with Crippen molar-refractivity contribution in [2.75, 3.05) is 18.0 Å². The van der Waals surface area contributed by atoms with Crippen LogP contribution in [0.3, 0.4) is 0 Å². The van der Waals surface area contributed by atoms with E-state index in [1.807, 2.05) is 42.5 Å². The number of fused-ring (bicyclic) bond motifs is 1. The number of rotatable bonds is 4. The van der Waals surface area contributed by atoms with Crippen molar-refractivity contribution in [2.45, 2.75) is 19.4 Å². The van der Waals surface area contributed by atoms with Crippen molar-refractivity contribution in [2.24, 2.45) is 5.92 Å². The zero-order chi connectivity index (χ0) is 17.1. The van der Waals surface area contributed by atoms with Gasteiger partial charge < -0.3 is 15.2 Å². The van der Waals surface area contributed by atoms with E-state index in [1.54, 1.807) is 6.20 Å². The lowest BCUT2D eigenvalue weighted by molar-refractivity contribution is -0.125. The van der Waals surface area contributed by atoms with Gasteiger partial charge in [0.15, 0.2) is 0 Å². The Morgan fingerprint density at radius 1 is 1.24 bits per heavy atom. The quantitative estimate of drug-likeness (QED) is 0.768. The number of hydrogen-bond donors (Lipinski definition) is 2. The van der Waals surface area contributed by atoms with Crippen LogP contribution in [0, 0.1) is 5.92 Å². The highest BCUT2D eigenvalue weighted by atomic mass is 16.1. The number of nitrogens with one attached hydrogen (secondary N) is 2. The van der Waals surface area contributed by atoms with Crippen molar-refractivity contribution in [3.63, 3.8) is 0 Å². The molecule has 0 spiro atoms. The van der Waals surface area contributed by atoms with Crippen LogP contribution >= 0.6 is 0 Å². The number of H-pyrrole nitrogens is 1. The lowest BCUT2D eigenvalue weighted by Gasteiger charge is -2.31. The Hall–Kier alpha value is -2.89. The zero-order valence-electron chi connectivity index (χ0n) is 14.0. The topological polar surface area (TPSA) is 73.9 Å². The van der Waals surface area contributed by atoms with Crippen molar-refractivity contribution in [1.82, 2.24) is 20.3 Å². The van der Waals surface area contributed by atoms with E-state index in [-0.39, 0.29) is 11.8 Å². The van der Waals surface area contributed by atoms with Gasteiger partial charge in [-0.2, -0.15) is 0 Å². The smallest absolute Gasteiger partial charge is 0.225 e. The third-order valence-electron chi connectivity index (χ3n) is 4.64. The minimum Gasteiger partial charge on any atom is -0.350 e. The van der Waals surface area contributed by atoms with Crippen molar-refractivity contribution < 1.29 is 4.79 Å². The normalized spacial score (nSPS) is 17.6. The first-order valence-electron chi connectivity index (χ1n) is 8.67. The second-order valence-electron chi connectivity index (χ2n) is 6.40. The monoisotopic (exact) mass is 335 g/mol. The molecule has 0 saturated carbocycles. The molecule has 25 heavy (non-hydrogen) atoms.